The van der Waals surface area contributed by atoms with Crippen molar-refractivity contribution >= 4 is 43.4 Å². The van der Waals surface area contributed by atoms with Gasteiger partial charge >= 0.3 is 5.97 Å². The van der Waals surface area contributed by atoms with Crippen molar-refractivity contribution in [3.8, 4) is 11.5 Å². The van der Waals surface area contributed by atoms with E-state index in [1.807, 2.05) is 24.3 Å². The number of benzene rings is 2. The van der Waals surface area contributed by atoms with Crippen LogP contribution in [0.25, 0.3) is 20.3 Å². The summed E-state index contributed by atoms with van der Waals surface area (Å²) in [6.45, 7) is 0.526. The van der Waals surface area contributed by atoms with Gasteiger partial charge in [0, 0.05) is 29.0 Å². The Hall–Kier alpha value is -3.39. The lowest BCUT2D eigenvalue weighted by molar-refractivity contribution is -0.138. The van der Waals surface area contributed by atoms with Gasteiger partial charge in [-0.05, 0) is 55.4 Å². The first-order valence-corrected chi connectivity index (χ1v) is 12.3. The Morgan fingerprint density at radius 2 is 1.94 bits per heavy atom. The molecule has 2 aromatic heterocycles. The third-order valence-electron chi connectivity index (χ3n) is 6.64. The molecule has 1 fully saturated rings. The number of aromatic nitrogens is 2. The number of aliphatic carboxylic acids is 1. The Kier molecular flexibility index (Phi) is 6.24. The number of hydrogen-bond donors (Lipinski definition) is 3. The largest absolute Gasteiger partial charge is 0.504 e. The van der Waals surface area contributed by atoms with E-state index in [1.54, 1.807) is 17.4 Å². The molecule has 4 aromatic rings. The van der Waals surface area contributed by atoms with Gasteiger partial charge in [-0.3, -0.25) is 4.79 Å². The number of carboxylic acid groups (broad SMARTS) is 1. The smallest absolute Gasteiger partial charge is 0.303 e. The second kappa shape index (κ2) is 9.46. The average Bonchev–Trinajstić information content (AvgIpc) is 3.22. The van der Waals surface area contributed by atoms with E-state index in [2.05, 4.69) is 17.4 Å². The maximum atomic E-state index is 11.1. The van der Waals surface area contributed by atoms with E-state index >= 15 is 0 Å². The standard InChI is InChI=1S/C26H27N3O4S/c1-33-20-12-16(8-11-19(20)30)14-27-25-23-18-4-2-3-5-21(18)34-26(23)29-24(28-25)17-9-6-15(7-10-17)13-22(31)32/h2-5,8,11-12,15,17,30H,6-7,9-10,13-14H2,1H3,(H,31,32)(H,27,28,29). The molecule has 5 rings (SSSR count). The number of nitrogens with one attached hydrogen (secondary N) is 1. The van der Waals surface area contributed by atoms with Gasteiger partial charge in [-0.1, -0.05) is 24.3 Å². The Morgan fingerprint density at radius 1 is 1.15 bits per heavy atom. The molecule has 1 aliphatic carbocycles. The minimum absolute atomic E-state index is 0.111. The first-order valence-electron chi connectivity index (χ1n) is 11.5. The van der Waals surface area contributed by atoms with Crippen LogP contribution in [0.2, 0.25) is 0 Å². The van der Waals surface area contributed by atoms with Crippen molar-refractivity contribution in [1.29, 1.82) is 0 Å². The molecule has 34 heavy (non-hydrogen) atoms. The topological polar surface area (TPSA) is 105 Å². The molecule has 0 atom stereocenters. The lowest BCUT2D eigenvalue weighted by atomic mass is 9.80. The molecule has 7 nitrogen and oxygen atoms in total. The van der Waals surface area contributed by atoms with Crippen molar-refractivity contribution in [2.24, 2.45) is 5.92 Å². The first kappa shape index (κ1) is 22.4. The minimum atomic E-state index is -0.719. The molecular formula is C26H27N3O4S. The van der Waals surface area contributed by atoms with E-state index < -0.39 is 5.97 Å². The number of hydrogen-bond acceptors (Lipinski definition) is 7. The fourth-order valence-electron chi connectivity index (χ4n) is 4.84. The molecule has 176 valence electrons. The average molecular weight is 478 g/mol. The van der Waals surface area contributed by atoms with Crippen LogP contribution >= 0.6 is 11.3 Å². The van der Waals surface area contributed by atoms with Crippen LogP contribution in [0, 0.1) is 5.92 Å². The van der Waals surface area contributed by atoms with Gasteiger partial charge in [-0.2, -0.15) is 0 Å². The quantitative estimate of drug-likeness (QED) is 0.303. The second-order valence-corrected chi connectivity index (χ2v) is 9.91. The molecule has 3 N–H and O–H groups in total. The van der Waals surface area contributed by atoms with E-state index in [0.29, 0.717) is 12.3 Å². The van der Waals surface area contributed by atoms with Gasteiger partial charge in [0.1, 0.15) is 16.5 Å². The van der Waals surface area contributed by atoms with Crippen molar-refractivity contribution in [2.75, 3.05) is 12.4 Å². The molecule has 1 saturated carbocycles. The highest BCUT2D eigenvalue weighted by Crippen LogP contribution is 2.41. The van der Waals surface area contributed by atoms with Gasteiger partial charge in [0.25, 0.3) is 0 Å². The zero-order valence-electron chi connectivity index (χ0n) is 19.0. The molecule has 8 heteroatoms. The predicted octanol–water partition coefficient (Wildman–Crippen LogP) is 5.92. The summed E-state index contributed by atoms with van der Waals surface area (Å²) < 4.78 is 6.42. The summed E-state index contributed by atoms with van der Waals surface area (Å²) in [4.78, 5) is 22.0. The van der Waals surface area contributed by atoms with Gasteiger partial charge in [0.15, 0.2) is 11.5 Å². The lowest BCUT2D eigenvalue weighted by Crippen LogP contribution is -2.18. The number of ether oxygens (including phenoxy) is 1. The first-order chi connectivity index (χ1) is 16.5. The summed E-state index contributed by atoms with van der Waals surface area (Å²) in [6.07, 6.45) is 3.83. The number of fused-ring (bicyclic) bond motifs is 3. The molecular weight excluding hydrogens is 450 g/mol. The van der Waals surface area contributed by atoms with Gasteiger partial charge in [-0.25, -0.2) is 9.97 Å². The van der Waals surface area contributed by atoms with Gasteiger partial charge in [0.05, 0.1) is 12.5 Å². The number of carboxylic acids is 1. The van der Waals surface area contributed by atoms with Gasteiger partial charge in [-0.15, -0.1) is 11.3 Å². The van der Waals surface area contributed by atoms with Crippen LogP contribution in [-0.4, -0.2) is 33.3 Å². The van der Waals surface area contributed by atoms with Gasteiger partial charge in [0.2, 0.25) is 0 Å². The number of thiophene rings is 1. The second-order valence-electron chi connectivity index (χ2n) is 8.88. The normalized spacial score (nSPS) is 18.3. The molecule has 2 aromatic carbocycles. The number of nitrogens with zero attached hydrogens (tertiary/aromatic N) is 2. The van der Waals surface area contributed by atoms with E-state index in [0.717, 1.165) is 58.5 Å². The zero-order valence-corrected chi connectivity index (χ0v) is 19.8. The molecule has 0 bridgehead atoms. The van der Waals surface area contributed by atoms with Crippen molar-refractivity contribution in [1.82, 2.24) is 9.97 Å². The highest BCUT2D eigenvalue weighted by Gasteiger charge is 2.27. The highest BCUT2D eigenvalue weighted by molar-refractivity contribution is 7.25. The molecule has 2 heterocycles. The minimum Gasteiger partial charge on any atom is -0.504 e. The zero-order chi connectivity index (χ0) is 23.7. The summed E-state index contributed by atoms with van der Waals surface area (Å²) in [5.74, 6) is 1.93. The Labute approximate surface area is 201 Å². The van der Waals surface area contributed by atoms with Crippen LogP contribution in [0.15, 0.2) is 42.5 Å². The highest BCUT2D eigenvalue weighted by atomic mass is 32.1. The number of aromatic hydroxyl groups is 1. The van der Waals surface area contributed by atoms with Crippen LogP contribution in [-0.2, 0) is 11.3 Å². The van der Waals surface area contributed by atoms with Crippen molar-refractivity contribution in [3.63, 3.8) is 0 Å². The van der Waals surface area contributed by atoms with E-state index in [9.17, 15) is 9.90 Å². The summed E-state index contributed by atoms with van der Waals surface area (Å²) in [7, 11) is 1.54. The molecule has 0 amide bonds. The van der Waals surface area contributed by atoms with E-state index in [-0.39, 0.29) is 24.0 Å². The third-order valence-corrected chi connectivity index (χ3v) is 7.70. The fraction of sp³-hybridized carbons (Fsp3) is 0.346. The van der Waals surface area contributed by atoms with E-state index in [1.165, 1.54) is 11.8 Å². The summed E-state index contributed by atoms with van der Waals surface area (Å²) in [6, 6.07) is 13.6. The summed E-state index contributed by atoms with van der Waals surface area (Å²) in [5, 5.41) is 24.7. The maximum absolute atomic E-state index is 11.1. The number of phenols is 1. The number of carbonyl (C=O) groups is 1. The maximum Gasteiger partial charge on any atom is 0.303 e. The number of anilines is 1. The third kappa shape index (κ3) is 4.50. The van der Waals surface area contributed by atoms with Crippen LogP contribution in [0.1, 0.15) is 49.4 Å². The molecule has 1 aliphatic rings. The van der Waals surface area contributed by atoms with Crippen molar-refractivity contribution in [2.45, 2.75) is 44.6 Å². The monoisotopic (exact) mass is 477 g/mol. The Balaban J connectivity index is 1.47. The molecule has 0 unspecified atom stereocenters. The van der Waals surface area contributed by atoms with Crippen molar-refractivity contribution < 1.29 is 19.7 Å². The molecule has 0 spiro atoms. The molecule has 0 aliphatic heterocycles. The fourth-order valence-corrected chi connectivity index (χ4v) is 5.92. The van der Waals surface area contributed by atoms with Crippen LogP contribution < -0.4 is 10.1 Å². The van der Waals surface area contributed by atoms with Crippen LogP contribution in [0.5, 0.6) is 11.5 Å². The molecule has 0 saturated heterocycles. The number of phenolic OH excluding ortho intramolecular Hbond substituents is 1. The van der Waals surface area contributed by atoms with Crippen LogP contribution in [0.3, 0.4) is 0 Å². The Bertz CT molecular complexity index is 1340. The number of methoxy groups -OCH3 is 1. The lowest BCUT2D eigenvalue weighted by Gasteiger charge is -2.27. The Morgan fingerprint density at radius 3 is 2.71 bits per heavy atom. The summed E-state index contributed by atoms with van der Waals surface area (Å²) in [5.41, 5.74) is 0.969. The predicted molar refractivity (Wildman–Crippen MR) is 134 cm³/mol. The summed E-state index contributed by atoms with van der Waals surface area (Å²) >= 11 is 1.67. The van der Waals surface area contributed by atoms with Crippen molar-refractivity contribution in [3.05, 3.63) is 53.9 Å². The molecule has 0 radical (unpaired) electrons. The van der Waals surface area contributed by atoms with E-state index in [4.69, 9.17) is 19.8 Å². The number of rotatable bonds is 7. The van der Waals surface area contributed by atoms with Crippen LogP contribution in [0.4, 0.5) is 5.82 Å². The van der Waals surface area contributed by atoms with Gasteiger partial charge < -0.3 is 20.3 Å². The SMILES string of the molecule is COc1cc(CNc2nc(C3CCC(CC(=O)O)CC3)nc3sc4ccccc4c23)ccc1O.